The largest absolute Gasteiger partial charge is 0.486 e. The van der Waals surface area contributed by atoms with Crippen LogP contribution in [0.4, 0.5) is 0 Å². The molecule has 0 amide bonds. The molecule has 1 aliphatic heterocycles. The van der Waals surface area contributed by atoms with Crippen LogP contribution in [0.15, 0.2) is 23.1 Å². The molecule has 0 aliphatic carbocycles. The summed E-state index contributed by atoms with van der Waals surface area (Å²) in [5, 5.41) is 9.74. The smallest absolute Gasteiger partial charge is 0.246 e. The van der Waals surface area contributed by atoms with Crippen molar-refractivity contribution >= 4 is 10.0 Å². The number of aliphatic hydroxyl groups excluding tert-OH is 1. The molecule has 0 saturated carbocycles. The molecule has 1 N–H and O–H groups in total. The van der Waals surface area contributed by atoms with Gasteiger partial charge in [0.15, 0.2) is 0 Å². The van der Waals surface area contributed by atoms with Gasteiger partial charge in [-0.25, -0.2) is 8.42 Å². The van der Waals surface area contributed by atoms with E-state index in [4.69, 9.17) is 9.47 Å². The summed E-state index contributed by atoms with van der Waals surface area (Å²) in [7, 11) is -0.841. The van der Waals surface area contributed by atoms with Gasteiger partial charge in [0, 0.05) is 27.1 Å². The second-order valence-electron chi connectivity index (χ2n) is 6.18. The minimum absolute atomic E-state index is 0.0385. The van der Waals surface area contributed by atoms with Crippen LogP contribution in [0.2, 0.25) is 0 Å². The van der Waals surface area contributed by atoms with Crippen LogP contribution in [0.25, 0.3) is 0 Å². The Morgan fingerprint density at radius 2 is 2.14 bits per heavy atom. The number of fused-ring (bicyclic) bond motifs is 1. The topological polar surface area (TPSA) is 76.1 Å². The van der Waals surface area contributed by atoms with E-state index in [0.29, 0.717) is 12.2 Å². The highest BCUT2D eigenvalue weighted by molar-refractivity contribution is 7.89. The lowest BCUT2D eigenvalue weighted by Gasteiger charge is -2.22. The molecule has 0 fully saturated rings. The molecule has 0 bridgehead atoms. The molecule has 1 heterocycles. The van der Waals surface area contributed by atoms with Gasteiger partial charge in [-0.2, -0.15) is 4.31 Å². The van der Waals surface area contributed by atoms with Gasteiger partial charge in [0.25, 0.3) is 0 Å². The lowest BCUT2D eigenvalue weighted by atomic mass is 10.0. The zero-order chi connectivity index (χ0) is 16.5. The normalized spacial score (nSPS) is 18.1. The second-order valence-corrected chi connectivity index (χ2v) is 8.19. The third-order valence-electron chi connectivity index (χ3n) is 3.57. The maximum Gasteiger partial charge on any atom is 0.246 e. The van der Waals surface area contributed by atoms with E-state index in [1.807, 2.05) is 19.9 Å². The van der Waals surface area contributed by atoms with Crippen molar-refractivity contribution in [1.29, 1.82) is 0 Å². The van der Waals surface area contributed by atoms with E-state index in [-0.39, 0.29) is 18.0 Å². The summed E-state index contributed by atoms with van der Waals surface area (Å²) in [5.41, 5.74) is 0.471. The lowest BCUT2D eigenvalue weighted by Crippen LogP contribution is -2.36. The maximum absolute atomic E-state index is 12.7. The van der Waals surface area contributed by atoms with Crippen LogP contribution in [0, 0.1) is 0 Å². The highest BCUT2D eigenvalue weighted by Gasteiger charge is 2.36. The Morgan fingerprint density at radius 1 is 1.45 bits per heavy atom. The van der Waals surface area contributed by atoms with Gasteiger partial charge < -0.3 is 14.6 Å². The molecule has 22 heavy (non-hydrogen) atoms. The molecule has 0 saturated heterocycles. The number of sulfonamides is 1. The molecule has 0 aromatic heterocycles. The number of para-hydroxylation sites is 1. The molecule has 1 aromatic carbocycles. The number of hydrogen-bond donors (Lipinski definition) is 1. The quantitative estimate of drug-likeness (QED) is 0.843. The van der Waals surface area contributed by atoms with E-state index < -0.39 is 21.7 Å². The monoisotopic (exact) mass is 329 g/mol. The zero-order valence-electron chi connectivity index (χ0n) is 13.4. The Balaban J connectivity index is 2.30. The van der Waals surface area contributed by atoms with Crippen molar-refractivity contribution in [1.82, 2.24) is 4.31 Å². The van der Waals surface area contributed by atoms with Gasteiger partial charge >= 0.3 is 0 Å². The average Bonchev–Trinajstić information content (AvgIpc) is 2.71. The van der Waals surface area contributed by atoms with E-state index >= 15 is 0 Å². The second kappa shape index (κ2) is 6.16. The summed E-state index contributed by atoms with van der Waals surface area (Å²) in [6.45, 7) is 3.89. The van der Waals surface area contributed by atoms with Crippen molar-refractivity contribution in [3.8, 4) is 5.75 Å². The number of nitrogens with zero attached hydrogens (tertiary/aromatic N) is 1. The first-order valence-corrected chi connectivity index (χ1v) is 8.55. The van der Waals surface area contributed by atoms with Gasteiger partial charge in [-0.1, -0.05) is 12.1 Å². The molecule has 0 radical (unpaired) electrons. The first-order chi connectivity index (χ1) is 10.2. The first kappa shape index (κ1) is 17.2. The molecule has 7 heteroatoms. The van der Waals surface area contributed by atoms with E-state index in [9.17, 15) is 13.5 Å². The van der Waals surface area contributed by atoms with Crippen LogP contribution < -0.4 is 4.74 Å². The van der Waals surface area contributed by atoms with Crippen molar-refractivity contribution in [2.75, 3.05) is 27.3 Å². The van der Waals surface area contributed by atoms with Crippen LogP contribution >= 0.6 is 0 Å². The predicted molar refractivity (Wildman–Crippen MR) is 82.6 cm³/mol. The minimum atomic E-state index is -3.74. The molecule has 2 rings (SSSR count). The summed E-state index contributed by atoms with van der Waals surface area (Å²) < 4.78 is 37.2. The lowest BCUT2D eigenvalue weighted by molar-refractivity contribution is 0.0553. The SMILES string of the molecule is COC[C@@H](O)CN(C)S(=O)(=O)c1cccc2c1OC(C)(C)C2. The van der Waals surface area contributed by atoms with Crippen molar-refractivity contribution < 1.29 is 23.0 Å². The zero-order valence-corrected chi connectivity index (χ0v) is 14.2. The van der Waals surface area contributed by atoms with Gasteiger partial charge in [0.1, 0.15) is 16.2 Å². The summed E-state index contributed by atoms with van der Waals surface area (Å²) in [4.78, 5) is 0.141. The molecule has 0 spiro atoms. The van der Waals surface area contributed by atoms with Crippen molar-refractivity contribution in [3.63, 3.8) is 0 Å². The van der Waals surface area contributed by atoms with E-state index in [1.54, 1.807) is 6.07 Å². The highest BCUT2D eigenvalue weighted by atomic mass is 32.2. The Hall–Kier alpha value is -1.15. The van der Waals surface area contributed by atoms with Gasteiger partial charge in [-0.05, 0) is 25.5 Å². The number of likely N-dealkylation sites (N-methyl/N-ethyl adjacent to an activating group) is 1. The summed E-state index contributed by atoms with van der Waals surface area (Å²) >= 11 is 0. The van der Waals surface area contributed by atoms with Crippen molar-refractivity contribution in [2.45, 2.75) is 36.9 Å². The van der Waals surface area contributed by atoms with Gasteiger partial charge in [-0.15, -0.1) is 0 Å². The highest BCUT2D eigenvalue weighted by Crippen LogP contribution is 2.40. The van der Waals surface area contributed by atoms with Crippen LogP contribution in [-0.2, 0) is 21.2 Å². The predicted octanol–water partition coefficient (Wildman–Crippen LogP) is 1.03. The van der Waals surface area contributed by atoms with Crippen LogP contribution in [-0.4, -0.2) is 56.8 Å². The Kier molecular flexibility index (Phi) is 4.81. The van der Waals surface area contributed by atoms with Crippen LogP contribution in [0.5, 0.6) is 5.75 Å². The van der Waals surface area contributed by atoms with Gasteiger partial charge in [0.05, 0.1) is 12.7 Å². The Labute approximate surface area is 131 Å². The van der Waals surface area contributed by atoms with Crippen molar-refractivity contribution in [2.24, 2.45) is 0 Å². The molecule has 124 valence electrons. The number of hydrogen-bond acceptors (Lipinski definition) is 5. The molecule has 0 unspecified atom stereocenters. The number of methoxy groups -OCH3 is 1. The Bertz CT molecular complexity index is 641. The van der Waals surface area contributed by atoms with Gasteiger partial charge in [-0.3, -0.25) is 0 Å². The van der Waals surface area contributed by atoms with E-state index in [0.717, 1.165) is 9.87 Å². The standard InChI is InChI=1S/C15H23NO5S/c1-15(2)8-11-6-5-7-13(14(11)21-15)22(18,19)16(3)9-12(17)10-20-4/h5-7,12,17H,8-10H2,1-4H3/t12-/m0/s1. The number of benzene rings is 1. The van der Waals surface area contributed by atoms with E-state index in [1.165, 1.54) is 20.2 Å². The third kappa shape index (κ3) is 3.43. The fourth-order valence-corrected chi connectivity index (χ4v) is 3.96. The minimum Gasteiger partial charge on any atom is -0.486 e. The van der Waals surface area contributed by atoms with Crippen LogP contribution in [0.3, 0.4) is 0 Å². The van der Waals surface area contributed by atoms with Crippen molar-refractivity contribution in [3.05, 3.63) is 23.8 Å². The maximum atomic E-state index is 12.7. The molecule has 1 atom stereocenters. The Morgan fingerprint density at radius 3 is 2.77 bits per heavy atom. The molecule has 6 nitrogen and oxygen atoms in total. The summed E-state index contributed by atoms with van der Waals surface area (Å²) in [6.07, 6.45) is -0.208. The molecule has 1 aliphatic rings. The first-order valence-electron chi connectivity index (χ1n) is 7.11. The van der Waals surface area contributed by atoms with Gasteiger partial charge in [0.2, 0.25) is 10.0 Å². The third-order valence-corrected chi connectivity index (χ3v) is 5.42. The average molecular weight is 329 g/mol. The van der Waals surface area contributed by atoms with Crippen LogP contribution in [0.1, 0.15) is 19.4 Å². The summed E-state index contributed by atoms with van der Waals surface area (Å²) in [6, 6.07) is 5.13. The molecule has 1 aromatic rings. The number of ether oxygens (including phenoxy) is 2. The van der Waals surface area contributed by atoms with E-state index in [2.05, 4.69) is 0 Å². The number of aliphatic hydroxyl groups is 1. The fourth-order valence-electron chi connectivity index (χ4n) is 2.60. The number of rotatable bonds is 6. The fraction of sp³-hybridized carbons (Fsp3) is 0.600. The molecular formula is C15H23NO5S. The molecular weight excluding hydrogens is 306 g/mol. The summed E-state index contributed by atoms with van der Waals surface area (Å²) in [5.74, 6) is 0.417.